The van der Waals surface area contributed by atoms with E-state index >= 15 is 0 Å². The first kappa shape index (κ1) is 17.5. The quantitative estimate of drug-likeness (QED) is 0.879. The third kappa shape index (κ3) is 4.56. The van der Waals surface area contributed by atoms with Gasteiger partial charge < -0.3 is 15.2 Å². The van der Waals surface area contributed by atoms with Gasteiger partial charge in [0.2, 0.25) is 0 Å². The smallest absolute Gasteiger partial charge is 0.255 e. The van der Waals surface area contributed by atoms with Gasteiger partial charge in [-0.2, -0.15) is 0 Å². The van der Waals surface area contributed by atoms with Crippen molar-refractivity contribution in [2.45, 2.75) is 26.2 Å². The second-order valence-corrected chi connectivity index (χ2v) is 6.54. The van der Waals surface area contributed by atoms with Crippen molar-refractivity contribution in [3.05, 3.63) is 77.0 Å². The fourth-order valence-electron chi connectivity index (χ4n) is 2.18. The molecule has 0 saturated heterocycles. The van der Waals surface area contributed by atoms with Crippen LogP contribution in [0.2, 0.25) is 0 Å². The van der Waals surface area contributed by atoms with Crippen LogP contribution in [0.5, 0.6) is 0 Å². The van der Waals surface area contributed by atoms with Gasteiger partial charge in [0.25, 0.3) is 5.91 Å². The predicted molar refractivity (Wildman–Crippen MR) is 92.0 cm³/mol. The lowest BCUT2D eigenvalue weighted by Gasteiger charge is -2.19. The fraction of sp³-hybridized carbons (Fsp3) is 0.200. The van der Waals surface area contributed by atoms with E-state index in [-0.39, 0.29) is 11.1 Å². The Balaban J connectivity index is 2.23. The number of carboxylic acid groups (broad SMARTS) is 1. The number of carbonyl (C=O) groups is 2. The molecule has 1 N–H and O–H groups in total. The number of rotatable bonds is 4. The van der Waals surface area contributed by atoms with E-state index in [0.29, 0.717) is 11.1 Å². The van der Waals surface area contributed by atoms with Crippen LogP contribution in [0.1, 0.15) is 42.3 Å². The van der Waals surface area contributed by atoms with Crippen LogP contribution in [-0.2, 0) is 10.2 Å². The first-order valence-corrected chi connectivity index (χ1v) is 7.67. The summed E-state index contributed by atoms with van der Waals surface area (Å²) in [7, 11) is 0. The van der Waals surface area contributed by atoms with Crippen LogP contribution in [0.15, 0.2) is 60.3 Å². The van der Waals surface area contributed by atoms with Crippen LogP contribution in [-0.4, -0.2) is 11.9 Å². The molecule has 0 aliphatic rings. The molecule has 124 valence electrons. The van der Waals surface area contributed by atoms with Gasteiger partial charge in [-0.15, -0.1) is 0 Å². The molecule has 0 atom stereocenters. The van der Waals surface area contributed by atoms with E-state index < -0.39 is 11.9 Å². The highest BCUT2D eigenvalue weighted by atomic mass is 16.4. The number of hydrogen-bond acceptors (Lipinski definition) is 3. The van der Waals surface area contributed by atoms with Crippen LogP contribution in [0.25, 0.3) is 6.08 Å². The molecule has 0 bridgehead atoms. The van der Waals surface area contributed by atoms with Crippen LogP contribution < -0.4 is 10.4 Å². The minimum Gasteiger partial charge on any atom is -0.543 e. The first-order valence-electron chi connectivity index (χ1n) is 7.67. The Morgan fingerprint density at radius 3 is 2.04 bits per heavy atom. The summed E-state index contributed by atoms with van der Waals surface area (Å²) in [5.74, 6) is -1.92. The molecule has 4 nitrogen and oxygen atoms in total. The molecule has 0 aliphatic carbocycles. The van der Waals surface area contributed by atoms with Gasteiger partial charge in [-0.05, 0) is 34.8 Å². The SMILES string of the molecule is CC(C)(C)c1ccc(/C=C(/NC(=O)c2ccccc2)C(=O)[O-])cc1. The fourth-order valence-corrected chi connectivity index (χ4v) is 2.18. The van der Waals surface area contributed by atoms with Crippen molar-refractivity contribution < 1.29 is 14.7 Å². The maximum atomic E-state index is 12.1. The van der Waals surface area contributed by atoms with Crippen LogP contribution in [0.4, 0.5) is 0 Å². The van der Waals surface area contributed by atoms with Crippen molar-refractivity contribution in [1.82, 2.24) is 5.32 Å². The number of amides is 1. The molecule has 2 aromatic rings. The molecule has 0 spiro atoms. The molecule has 0 fully saturated rings. The lowest BCUT2D eigenvalue weighted by Crippen LogP contribution is -2.35. The maximum absolute atomic E-state index is 12.1. The lowest BCUT2D eigenvalue weighted by atomic mass is 9.87. The topological polar surface area (TPSA) is 69.2 Å². The highest BCUT2D eigenvalue weighted by Crippen LogP contribution is 2.22. The largest absolute Gasteiger partial charge is 0.543 e. The number of hydrogen-bond donors (Lipinski definition) is 1. The summed E-state index contributed by atoms with van der Waals surface area (Å²) in [4.78, 5) is 23.4. The summed E-state index contributed by atoms with van der Waals surface area (Å²) in [5.41, 5.74) is 1.94. The second-order valence-electron chi connectivity index (χ2n) is 6.54. The van der Waals surface area contributed by atoms with Gasteiger partial charge in [0.05, 0.1) is 11.7 Å². The van der Waals surface area contributed by atoms with Crippen LogP contribution in [0.3, 0.4) is 0 Å². The summed E-state index contributed by atoms with van der Waals surface area (Å²) < 4.78 is 0. The summed E-state index contributed by atoms with van der Waals surface area (Å²) in [5, 5.41) is 13.7. The summed E-state index contributed by atoms with van der Waals surface area (Å²) >= 11 is 0. The lowest BCUT2D eigenvalue weighted by molar-refractivity contribution is -0.299. The zero-order valence-corrected chi connectivity index (χ0v) is 14.0. The Labute approximate surface area is 141 Å². The summed E-state index contributed by atoms with van der Waals surface area (Å²) in [6.45, 7) is 6.31. The molecule has 4 heteroatoms. The molecule has 0 radical (unpaired) electrons. The number of nitrogens with one attached hydrogen (secondary N) is 1. The van der Waals surface area contributed by atoms with Crippen molar-refractivity contribution in [3.8, 4) is 0 Å². The molecule has 0 saturated carbocycles. The average molecular weight is 322 g/mol. The predicted octanol–water partition coefficient (Wildman–Crippen LogP) is 2.50. The summed E-state index contributed by atoms with van der Waals surface area (Å²) in [6, 6.07) is 15.9. The number of carbonyl (C=O) groups excluding carboxylic acids is 2. The Morgan fingerprint density at radius 2 is 1.54 bits per heavy atom. The Morgan fingerprint density at radius 1 is 0.958 bits per heavy atom. The van der Waals surface area contributed by atoms with Crippen molar-refractivity contribution in [3.63, 3.8) is 0 Å². The third-order valence-corrected chi connectivity index (χ3v) is 3.59. The molecule has 1 amide bonds. The zero-order valence-electron chi connectivity index (χ0n) is 14.0. The van der Waals surface area contributed by atoms with Crippen LogP contribution in [0, 0.1) is 0 Å². The number of benzene rings is 2. The Kier molecular flexibility index (Phi) is 5.19. The minimum atomic E-state index is -1.43. The first-order chi connectivity index (χ1) is 11.3. The minimum absolute atomic E-state index is 0.0148. The van der Waals surface area contributed by atoms with Gasteiger partial charge in [-0.3, -0.25) is 4.79 Å². The highest BCUT2D eigenvalue weighted by Gasteiger charge is 2.13. The molecule has 2 aromatic carbocycles. The molecule has 2 rings (SSSR count). The van der Waals surface area contributed by atoms with Gasteiger partial charge >= 0.3 is 0 Å². The Bertz CT molecular complexity index is 754. The van der Waals surface area contributed by atoms with Crippen molar-refractivity contribution >= 4 is 18.0 Å². The van der Waals surface area contributed by atoms with Gasteiger partial charge in [0.15, 0.2) is 0 Å². The van der Waals surface area contributed by atoms with Gasteiger partial charge in [0.1, 0.15) is 0 Å². The van der Waals surface area contributed by atoms with E-state index in [1.54, 1.807) is 30.3 Å². The molecule has 0 aliphatic heterocycles. The van der Waals surface area contributed by atoms with E-state index in [4.69, 9.17) is 0 Å². The van der Waals surface area contributed by atoms with Gasteiger partial charge in [-0.1, -0.05) is 63.2 Å². The average Bonchev–Trinajstić information content (AvgIpc) is 2.54. The molecule has 0 unspecified atom stereocenters. The van der Waals surface area contributed by atoms with Crippen molar-refractivity contribution in [2.75, 3.05) is 0 Å². The number of aliphatic carboxylic acids is 1. The standard InChI is InChI=1S/C20H21NO3/c1-20(2,3)16-11-9-14(10-12-16)13-17(19(23)24)21-18(22)15-7-5-4-6-8-15/h4-13H,1-3H3,(H,21,22)(H,23,24)/p-1/b17-13+. The van der Waals surface area contributed by atoms with E-state index in [1.807, 2.05) is 24.3 Å². The van der Waals surface area contributed by atoms with E-state index in [1.165, 1.54) is 6.08 Å². The Hall–Kier alpha value is -2.88. The van der Waals surface area contributed by atoms with E-state index in [9.17, 15) is 14.7 Å². The van der Waals surface area contributed by atoms with Gasteiger partial charge in [-0.25, -0.2) is 0 Å². The monoisotopic (exact) mass is 322 g/mol. The second kappa shape index (κ2) is 7.13. The summed E-state index contributed by atoms with van der Waals surface area (Å²) in [6.07, 6.45) is 1.39. The van der Waals surface area contributed by atoms with E-state index in [0.717, 1.165) is 5.56 Å². The molecular formula is C20H20NO3-. The molecule has 0 heterocycles. The molecule has 0 aromatic heterocycles. The van der Waals surface area contributed by atoms with Gasteiger partial charge in [0, 0.05) is 5.56 Å². The van der Waals surface area contributed by atoms with Crippen molar-refractivity contribution in [1.29, 1.82) is 0 Å². The maximum Gasteiger partial charge on any atom is 0.255 e. The zero-order chi connectivity index (χ0) is 17.7. The molecular weight excluding hydrogens is 302 g/mol. The van der Waals surface area contributed by atoms with E-state index in [2.05, 4.69) is 26.1 Å². The normalized spacial score (nSPS) is 11.9. The van der Waals surface area contributed by atoms with Crippen LogP contribution >= 0.6 is 0 Å². The van der Waals surface area contributed by atoms with Crippen molar-refractivity contribution in [2.24, 2.45) is 0 Å². The highest BCUT2D eigenvalue weighted by molar-refractivity contribution is 6.02. The molecule has 24 heavy (non-hydrogen) atoms. The number of carboxylic acids is 1. The third-order valence-electron chi connectivity index (χ3n) is 3.59.